The molecule has 0 unspecified atom stereocenters. The van der Waals surface area contributed by atoms with Gasteiger partial charge in [-0.05, 0) is 17.7 Å². The Hall–Kier alpha value is -2.44. The smallest absolute Gasteiger partial charge is 0.250 e. The van der Waals surface area contributed by atoms with Crippen LogP contribution < -0.4 is 10.6 Å². The zero-order chi connectivity index (χ0) is 17.3. The molecule has 25 heavy (non-hydrogen) atoms. The number of anilines is 1. The van der Waals surface area contributed by atoms with Crippen molar-refractivity contribution in [2.24, 2.45) is 0 Å². The van der Waals surface area contributed by atoms with Crippen LogP contribution in [0, 0.1) is 0 Å². The standard InChI is InChI=1S/C19H24N4O2/c24-19(22-11-10-21-18-8-4-5-9-20-18)17-15-23(12-13-25-17)14-16-6-2-1-3-7-16/h1-9,17H,10-15H2,(H,20,21)(H,22,24)/t17-/m0/s1. The summed E-state index contributed by atoms with van der Waals surface area (Å²) >= 11 is 0. The van der Waals surface area contributed by atoms with Gasteiger partial charge in [0.1, 0.15) is 11.9 Å². The van der Waals surface area contributed by atoms with E-state index in [-0.39, 0.29) is 5.91 Å². The molecule has 1 aromatic carbocycles. The highest BCUT2D eigenvalue weighted by Crippen LogP contribution is 2.10. The molecule has 1 amide bonds. The van der Waals surface area contributed by atoms with Crippen LogP contribution in [0.3, 0.4) is 0 Å². The number of nitrogens with one attached hydrogen (secondary N) is 2. The fraction of sp³-hybridized carbons (Fsp3) is 0.368. The second-order valence-corrected chi connectivity index (χ2v) is 6.01. The van der Waals surface area contributed by atoms with Gasteiger partial charge in [0.2, 0.25) is 0 Å². The van der Waals surface area contributed by atoms with Crippen molar-refractivity contribution in [2.75, 3.05) is 38.1 Å². The van der Waals surface area contributed by atoms with Gasteiger partial charge in [0.05, 0.1) is 6.61 Å². The van der Waals surface area contributed by atoms with Crippen molar-refractivity contribution in [1.82, 2.24) is 15.2 Å². The average Bonchev–Trinajstić information content (AvgIpc) is 2.67. The molecule has 3 rings (SSSR count). The topological polar surface area (TPSA) is 66.5 Å². The van der Waals surface area contributed by atoms with Crippen LogP contribution in [0.25, 0.3) is 0 Å². The molecule has 6 nitrogen and oxygen atoms in total. The van der Waals surface area contributed by atoms with Crippen molar-refractivity contribution >= 4 is 11.7 Å². The van der Waals surface area contributed by atoms with Gasteiger partial charge in [-0.1, -0.05) is 36.4 Å². The summed E-state index contributed by atoms with van der Waals surface area (Å²) in [6.45, 7) is 4.05. The van der Waals surface area contributed by atoms with Crippen molar-refractivity contribution in [3.8, 4) is 0 Å². The van der Waals surface area contributed by atoms with E-state index >= 15 is 0 Å². The Morgan fingerprint density at radius 3 is 2.80 bits per heavy atom. The molecule has 132 valence electrons. The summed E-state index contributed by atoms with van der Waals surface area (Å²) in [4.78, 5) is 18.7. The van der Waals surface area contributed by atoms with Gasteiger partial charge < -0.3 is 15.4 Å². The number of amides is 1. The maximum atomic E-state index is 12.3. The minimum atomic E-state index is -0.410. The minimum absolute atomic E-state index is 0.0550. The van der Waals surface area contributed by atoms with Crippen molar-refractivity contribution < 1.29 is 9.53 Å². The van der Waals surface area contributed by atoms with Crippen molar-refractivity contribution in [2.45, 2.75) is 12.6 Å². The zero-order valence-electron chi connectivity index (χ0n) is 14.2. The SMILES string of the molecule is O=C(NCCNc1ccccn1)[C@@H]1CN(Cc2ccccc2)CCO1. The van der Waals surface area contributed by atoms with Crippen LogP contribution in [-0.4, -0.2) is 54.7 Å². The number of benzene rings is 1. The molecular weight excluding hydrogens is 316 g/mol. The summed E-state index contributed by atoms with van der Waals surface area (Å²) in [5.74, 6) is 0.750. The van der Waals surface area contributed by atoms with Gasteiger partial charge in [-0.2, -0.15) is 0 Å². The van der Waals surface area contributed by atoms with E-state index < -0.39 is 6.10 Å². The highest BCUT2D eigenvalue weighted by Gasteiger charge is 2.26. The lowest BCUT2D eigenvalue weighted by atomic mass is 10.2. The Bertz CT molecular complexity index is 651. The van der Waals surface area contributed by atoms with Crippen molar-refractivity contribution in [1.29, 1.82) is 0 Å². The summed E-state index contributed by atoms with van der Waals surface area (Å²) < 4.78 is 5.64. The lowest BCUT2D eigenvalue weighted by molar-refractivity contribution is -0.138. The molecule has 2 N–H and O–H groups in total. The molecule has 6 heteroatoms. The molecule has 0 aliphatic carbocycles. The molecule has 0 radical (unpaired) electrons. The van der Waals surface area contributed by atoms with E-state index in [1.807, 2.05) is 36.4 Å². The van der Waals surface area contributed by atoms with Crippen LogP contribution in [0.1, 0.15) is 5.56 Å². The third-order valence-corrected chi connectivity index (χ3v) is 4.09. The molecule has 2 heterocycles. The number of hydrogen-bond acceptors (Lipinski definition) is 5. The number of carbonyl (C=O) groups is 1. The number of morpholine rings is 1. The molecular formula is C19H24N4O2. The maximum Gasteiger partial charge on any atom is 0.250 e. The molecule has 0 spiro atoms. The van der Waals surface area contributed by atoms with E-state index in [1.54, 1.807) is 6.20 Å². The third kappa shape index (κ3) is 5.55. The predicted octanol–water partition coefficient (Wildman–Crippen LogP) is 1.51. The fourth-order valence-electron chi connectivity index (χ4n) is 2.80. The summed E-state index contributed by atoms with van der Waals surface area (Å²) in [6.07, 6.45) is 1.32. The van der Waals surface area contributed by atoms with E-state index in [0.29, 0.717) is 26.2 Å². The highest BCUT2D eigenvalue weighted by molar-refractivity contribution is 5.81. The molecule has 1 saturated heterocycles. The van der Waals surface area contributed by atoms with E-state index in [9.17, 15) is 4.79 Å². The van der Waals surface area contributed by atoms with E-state index in [2.05, 4.69) is 32.7 Å². The van der Waals surface area contributed by atoms with Crippen LogP contribution in [0.2, 0.25) is 0 Å². The summed E-state index contributed by atoms with van der Waals surface area (Å²) in [5, 5.41) is 6.09. The van der Waals surface area contributed by atoms with Crippen LogP contribution in [0.4, 0.5) is 5.82 Å². The Balaban J connectivity index is 1.39. The summed E-state index contributed by atoms with van der Waals surface area (Å²) in [6, 6.07) is 16.0. The number of carbonyl (C=O) groups excluding carboxylic acids is 1. The molecule has 0 saturated carbocycles. The van der Waals surface area contributed by atoms with E-state index in [1.165, 1.54) is 5.56 Å². The molecule has 1 aliphatic rings. The van der Waals surface area contributed by atoms with Crippen LogP contribution >= 0.6 is 0 Å². The second kappa shape index (κ2) is 9.15. The van der Waals surface area contributed by atoms with Gasteiger partial charge in [0.25, 0.3) is 5.91 Å². The molecule has 0 bridgehead atoms. The third-order valence-electron chi connectivity index (χ3n) is 4.09. The van der Waals surface area contributed by atoms with E-state index in [4.69, 9.17) is 4.74 Å². The normalized spacial score (nSPS) is 17.8. The first kappa shape index (κ1) is 17.4. The Kier molecular flexibility index (Phi) is 6.36. The van der Waals surface area contributed by atoms with Gasteiger partial charge in [-0.25, -0.2) is 4.98 Å². The summed E-state index contributed by atoms with van der Waals surface area (Å²) in [5.41, 5.74) is 1.25. The van der Waals surface area contributed by atoms with Gasteiger partial charge >= 0.3 is 0 Å². The number of rotatable bonds is 7. The highest BCUT2D eigenvalue weighted by atomic mass is 16.5. The quantitative estimate of drug-likeness (QED) is 0.748. The van der Waals surface area contributed by atoms with Gasteiger partial charge in [-0.15, -0.1) is 0 Å². The largest absolute Gasteiger partial charge is 0.368 e. The number of nitrogens with zero attached hydrogens (tertiary/aromatic N) is 2. The van der Waals surface area contributed by atoms with Crippen LogP contribution in [0.5, 0.6) is 0 Å². The maximum absolute atomic E-state index is 12.3. The van der Waals surface area contributed by atoms with Crippen molar-refractivity contribution in [3.05, 3.63) is 60.3 Å². The zero-order valence-corrected chi connectivity index (χ0v) is 14.2. The van der Waals surface area contributed by atoms with Gasteiger partial charge in [-0.3, -0.25) is 9.69 Å². The van der Waals surface area contributed by atoms with Crippen LogP contribution in [-0.2, 0) is 16.1 Å². The molecule has 1 fully saturated rings. The fourth-order valence-corrected chi connectivity index (χ4v) is 2.80. The van der Waals surface area contributed by atoms with Crippen molar-refractivity contribution in [3.63, 3.8) is 0 Å². The van der Waals surface area contributed by atoms with Gasteiger partial charge in [0.15, 0.2) is 0 Å². The molecule has 2 aromatic rings. The first-order valence-electron chi connectivity index (χ1n) is 8.62. The van der Waals surface area contributed by atoms with Crippen LogP contribution in [0.15, 0.2) is 54.7 Å². The monoisotopic (exact) mass is 340 g/mol. The number of aromatic nitrogens is 1. The van der Waals surface area contributed by atoms with Gasteiger partial charge in [0, 0.05) is 38.9 Å². The number of hydrogen-bond donors (Lipinski definition) is 2. The van der Waals surface area contributed by atoms with E-state index in [0.717, 1.165) is 18.9 Å². The lowest BCUT2D eigenvalue weighted by Crippen LogP contribution is -2.50. The lowest BCUT2D eigenvalue weighted by Gasteiger charge is -2.32. The predicted molar refractivity (Wildman–Crippen MR) is 97.2 cm³/mol. The number of ether oxygens (including phenoxy) is 1. The Morgan fingerprint density at radius 2 is 2.00 bits per heavy atom. The molecule has 1 atom stereocenters. The second-order valence-electron chi connectivity index (χ2n) is 6.01. The number of pyridine rings is 1. The summed E-state index contributed by atoms with van der Waals surface area (Å²) in [7, 11) is 0. The minimum Gasteiger partial charge on any atom is -0.368 e. The first-order valence-corrected chi connectivity index (χ1v) is 8.62. The Labute approximate surface area is 148 Å². The Morgan fingerprint density at radius 1 is 1.16 bits per heavy atom. The first-order chi connectivity index (χ1) is 12.3. The molecule has 1 aliphatic heterocycles. The average molecular weight is 340 g/mol. The molecule has 1 aromatic heterocycles.